The van der Waals surface area contributed by atoms with E-state index in [0.29, 0.717) is 10.8 Å². The summed E-state index contributed by atoms with van der Waals surface area (Å²) in [6.45, 7) is 0. The van der Waals surface area contributed by atoms with Crippen LogP contribution in [0.25, 0.3) is 16.9 Å². The molecule has 0 unspecified atom stereocenters. The minimum Gasteiger partial charge on any atom is -0.245 e. The molecule has 2 aromatic heterocycles. The summed E-state index contributed by atoms with van der Waals surface area (Å²) in [4.78, 5) is 3.94. The third-order valence-corrected chi connectivity index (χ3v) is 3.31. The van der Waals surface area contributed by atoms with Crippen LogP contribution in [0.2, 0.25) is 10.2 Å². The molecule has 0 aliphatic heterocycles. The van der Waals surface area contributed by atoms with Crippen LogP contribution >= 0.6 is 23.2 Å². The number of pyridine rings is 1. The van der Waals surface area contributed by atoms with Gasteiger partial charge < -0.3 is 0 Å². The summed E-state index contributed by atoms with van der Waals surface area (Å²) in [5.41, 5.74) is 2.35. The maximum atomic E-state index is 13.2. The van der Waals surface area contributed by atoms with Crippen LogP contribution in [0.15, 0.2) is 48.8 Å². The average molecular weight is 308 g/mol. The second kappa shape index (κ2) is 5.23. The molecule has 0 N–H and O–H groups in total. The highest BCUT2D eigenvalue weighted by Gasteiger charge is 2.10. The molecule has 1 aromatic carbocycles. The molecule has 2 heterocycles. The largest absolute Gasteiger partial charge is 0.245 e. The molecule has 0 bridgehead atoms. The van der Waals surface area contributed by atoms with Crippen LogP contribution in [0, 0.1) is 5.82 Å². The molecule has 6 heteroatoms. The van der Waals surface area contributed by atoms with Crippen LogP contribution in [0.1, 0.15) is 0 Å². The van der Waals surface area contributed by atoms with Gasteiger partial charge in [0.05, 0.1) is 22.6 Å². The molecule has 0 aliphatic rings. The quantitative estimate of drug-likeness (QED) is 0.658. The zero-order valence-corrected chi connectivity index (χ0v) is 11.6. The lowest BCUT2D eigenvalue weighted by atomic mass is 10.2. The summed E-state index contributed by atoms with van der Waals surface area (Å²) in [6.07, 6.45) is 3.27. The molecule has 3 nitrogen and oxygen atoms in total. The molecular formula is C14H8Cl2FN3. The lowest BCUT2D eigenvalue weighted by molar-refractivity contribution is 0.627. The molecule has 0 amide bonds. The van der Waals surface area contributed by atoms with Crippen molar-refractivity contribution >= 4 is 23.2 Å². The van der Waals surface area contributed by atoms with Crippen molar-refractivity contribution in [3.63, 3.8) is 0 Å². The Bertz CT molecular complexity index is 771. The summed E-state index contributed by atoms with van der Waals surface area (Å²) < 4.78 is 14.9. The first-order chi connectivity index (χ1) is 9.65. The number of hydrogen-bond acceptors (Lipinski definition) is 2. The van der Waals surface area contributed by atoms with Crippen molar-refractivity contribution < 1.29 is 4.39 Å². The van der Waals surface area contributed by atoms with Gasteiger partial charge in [0.15, 0.2) is 0 Å². The van der Waals surface area contributed by atoms with Crippen molar-refractivity contribution in [2.75, 3.05) is 0 Å². The van der Waals surface area contributed by atoms with Gasteiger partial charge in [0, 0.05) is 11.8 Å². The Labute approximate surface area is 124 Å². The van der Waals surface area contributed by atoms with Crippen LogP contribution in [0.5, 0.6) is 0 Å². The van der Waals surface area contributed by atoms with Gasteiger partial charge in [-0.05, 0) is 36.4 Å². The van der Waals surface area contributed by atoms with E-state index in [1.165, 1.54) is 12.1 Å². The molecule has 0 atom stereocenters. The van der Waals surface area contributed by atoms with E-state index in [1.54, 1.807) is 29.2 Å². The fourth-order valence-electron chi connectivity index (χ4n) is 1.91. The molecule has 0 aliphatic carbocycles. The minimum absolute atomic E-state index is 0.0525. The fourth-order valence-corrected chi connectivity index (χ4v) is 2.25. The Morgan fingerprint density at radius 2 is 1.85 bits per heavy atom. The first-order valence-corrected chi connectivity index (χ1v) is 6.52. The average Bonchev–Trinajstić information content (AvgIpc) is 2.91. The van der Waals surface area contributed by atoms with Gasteiger partial charge in [-0.1, -0.05) is 23.2 Å². The summed E-state index contributed by atoms with van der Waals surface area (Å²) in [7, 11) is 0. The SMILES string of the molecule is Fc1ccc(-n2nccc2-c2ccnc(Cl)c2)cc1Cl. The van der Waals surface area contributed by atoms with Crippen molar-refractivity contribution in [3.05, 3.63) is 64.8 Å². The van der Waals surface area contributed by atoms with Gasteiger partial charge in [-0.3, -0.25) is 0 Å². The van der Waals surface area contributed by atoms with Crippen LogP contribution in [0.4, 0.5) is 4.39 Å². The van der Waals surface area contributed by atoms with Crippen molar-refractivity contribution in [1.29, 1.82) is 0 Å². The Morgan fingerprint density at radius 3 is 2.60 bits per heavy atom. The van der Waals surface area contributed by atoms with Crippen LogP contribution in [-0.2, 0) is 0 Å². The molecule has 0 spiro atoms. The van der Waals surface area contributed by atoms with E-state index in [4.69, 9.17) is 23.2 Å². The molecule has 0 fully saturated rings. The van der Waals surface area contributed by atoms with Gasteiger partial charge in [0.1, 0.15) is 11.0 Å². The Morgan fingerprint density at radius 1 is 1.00 bits per heavy atom. The summed E-state index contributed by atoms with van der Waals surface area (Å²) >= 11 is 11.7. The number of rotatable bonds is 2. The predicted octanol–water partition coefficient (Wildman–Crippen LogP) is 4.38. The number of aromatic nitrogens is 3. The Kier molecular flexibility index (Phi) is 3.42. The van der Waals surface area contributed by atoms with Crippen molar-refractivity contribution in [2.24, 2.45) is 0 Å². The number of nitrogens with zero attached hydrogens (tertiary/aromatic N) is 3. The lowest BCUT2D eigenvalue weighted by Gasteiger charge is -2.08. The summed E-state index contributed by atoms with van der Waals surface area (Å²) in [5.74, 6) is -0.462. The highest BCUT2D eigenvalue weighted by molar-refractivity contribution is 6.31. The lowest BCUT2D eigenvalue weighted by Crippen LogP contribution is -1.99. The molecule has 0 saturated carbocycles. The molecular weight excluding hydrogens is 300 g/mol. The first kappa shape index (κ1) is 13.1. The van der Waals surface area contributed by atoms with E-state index >= 15 is 0 Å². The third-order valence-electron chi connectivity index (χ3n) is 2.81. The first-order valence-electron chi connectivity index (χ1n) is 5.76. The number of hydrogen-bond donors (Lipinski definition) is 0. The Hall–Kier alpha value is -1.91. The van der Waals surface area contributed by atoms with E-state index in [1.807, 2.05) is 12.1 Å². The second-order valence-electron chi connectivity index (χ2n) is 4.09. The molecule has 3 aromatic rings. The smallest absolute Gasteiger partial charge is 0.141 e. The van der Waals surface area contributed by atoms with Gasteiger partial charge in [-0.2, -0.15) is 5.10 Å². The van der Waals surface area contributed by atoms with Gasteiger partial charge >= 0.3 is 0 Å². The maximum absolute atomic E-state index is 13.2. The molecule has 0 saturated heterocycles. The highest BCUT2D eigenvalue weighted by Crippen LogP contribution is 2.25. The monoisotopic (exact) mass is 307 g/mol. The minimum atomic E-state index is -0.462. The van der Waals surface area contributed by atoms with E-state index in [0.717, 1.165) is 11.3 Å². The standard InChI is InChI=1S/C14H8Cl2FN3/c15-11-8-10(1-2-12(11)17)20-13(4-6-19-20)9-3-5-18-14(16)7-9/h1-8H. The molecule has 0 radical (unpaired) electrons. The number of benzene rings is 1. The molecule has 20 heavy (non-hydrogen) atoms. The van der Waals surface area contributed by atoms with E-state index in [2.05, 4.69) is 10.1 Å². The fraction of sp³-hybridized carbons (Fsp3) is 0. The number of halogens is 3. The van der Waals surface area contributed by atoms with E-state index < -0.39 is 5.82 Å². The van der Waals surface area contributed by atoms with Crippen LogP contribution in [-0.4, -0.2) is 14.8 Å². The van der Waals surface area contributed by atoms with Crippen LogP contribution < -0.4 is 0 Å². The Balaban J connectivity index is 2.12. The molecule has 100 valence electrons. The zero-order chi connectivity index (χ0) is 14.1. The summed E-state index contributed by atoms with van der Waals surface area (Å²) in [5, 5.41) is 4.68. The van der Waals surface area contributed by atoms with Gasteiger partial charge in [-0.25, -0.2) is 14.1 Å². The zero-order valence-electron chi connectivity index (χ0n) is 10.1. The highest BCUT2D eigenvalue weighted by atomic mass is 35.5. The van der Waals surface area contributed by atoms with Crippen molar-refractivity contribution in [2.45, 2.75) is 0 Å². The predicted molar refractivity (Wildman–Crippen MR) is 76.8 cm³/mol. The normalized spacial score (nSPS) is 10.8. The molecule has 3 rings (SSSR count). The van der Waals surface area contributed by atoms with Gasteiger partial charge in [0.25, 0.3) is 0 Å². The van der Waals surface area contributed by atoms with E-state index in [-0.39, 0.29) is 5.02 Å². The second-order valence-corrected chi connectivity index (χ2v) is 4.89. The third kappa shape index (κ3) is 2.40. The van der Waals surface area contributed by atoms with Crippen LogP contribution in [0.3, 0.4) is 0 Å². The summed E-state index contributed by atoms with van der Waals surface area (Å²) in [6, 6.07) is 9.84. The van der Waals surface area contributed by atoms with Crippen molar-refractivity contribution in [1.82, 2.24) is 14.8 Å². The van der Waals surface area contributed by atoms with Crippen molar-refractivity contribution in [3.8, 4) is 16.9 Å². The van der Waals surface area contributed by atoms with Gasteiger partial charge in [0.2, 0.25) is 0 Å². The topological polar surface area (TPSA) is 30.7 Å². The van der Waals surface area contributed by atoms with E-state index in [9.17, 15) is 4.39 Å². The maximum Gasteiger partial charge on any atom is 0.141 e. The van der Waals surface area contributed by atoms with Gasteiger partial charge in [-0.15, -0.1) is 0 Å².